The minimum Gasteiger partial charge on any atom is -0.274 e. The molecule has 2 N–H and O–H groups in total. The number of halogens is 1. The number of nitriles is 1. The molecule has 0 aromatic heterocycles. The second kappa shape index (κ2) is 3.63. The van der Waals surface area contributed by atoms with Crippen LogP contribution in [0.3, 0.4) is 0 Å². The third kappa shape index (κ3) is 1.87. The molecule has 11 heavy (non-hydrogen) atoms. The molecule has 0 aliphatic rings. The molecule has 0 fully saturated rings. The Hall–Kier alpha value is -0.690. The number of hydrogen-bond donors (Lipinski definition) is 1. The molecular formula is C7H5ClN2S. The Balaban J connectivity index is 3.12. The van der Waals surface area contributed by atoms with Gasteiger partial charge in [0.2, 0.25) is 0 Å². The van der Waals surface area contributed by atoms with E-state index >= 15 is 0 Å². The first-order chi connectivity index (χ1) is 5.27. The molecule has 0 amide bonds. The van der Waals surface area contributed by atoms with E-state index in [1.165, 1.54) is 0 Å². The van der Waals surface area contributed by atoms with Crippen LogP contribution in [0.25, 0.3) is 0 Å². The Morgan fingerprint density at radius 1 is 1.55 bits per heavy atom. The van der Waals surface area contributed by atoms with Gasteiger partial charge < -0.3 is 0 Å². The first-order valence-electron chi connectivity index (χ1n) is 2.84. The molecule has 4 heteroatoms. The van der Waals surface area contributed by atoms with Crippen LogP contribution < -0.4 is 5.14 Å². The molecule has 0 radical (unpaired) electrons. The van der Waals surface area contributed by atoms with E-state index < -0.39 is 0 Å². The van der Waals surface area contributed by atoms with Crippen LogP contribution in [-0.2, 0) is 0 Å². The molecule has 0 saturated heterocycles. The van der Waals surface area contributed by atoms with Crippen molar-refractivity contribution in [2.24, 2.45) is 5.14 Å². The van der Waals surface area contributed by atoms with E-state index in [0.29, 0.717) is 10.6 Å². The van der Waals surface area contributed by atoms with Crippen molar-refractivity contribution in [1.82, 2.24) is 0 Å². The van der Waals surface area contributed by atoms with Gasteiger partial charge in [-0.2, -0.15) is 5.26 Å². The van der Waals surface area contributed by atoms with Crippen LogP contribution in [0, 0.1) is 11.3 Å². The summed E-state index contributed by atoms with van der Waals surface area (Å²) in [6.07, 6.45) is 0. The van der Waals surface area contributed by atoms with E-state index in [1.54, 1.807) is 18.2 Å². The molecule has 0 bridgehead atoms. The smallest absolute Gasteiger partial charge is 0.0992 e. The Bertz CT molecular complexity index is 306. The van der Waals surface area contributed by atoms with Crippen LogP contribution in [0.5, 0.6) is 0 Å². The van der Waals surface area contributed by atoms with Gasteiger partial charge in [0.05, 0.1) is 16.7 Å². The first kappa shape index (κ1) is 8.41. The number of benzene rings is 1. The maximum Gasteiger partial charge on any atom is 0.0992 e. The van der Waals surface area contributed by atoms with E-state index in [4.69, 9.17) is 22.0 Å². The molecule has 0 aliphatic heterocycles. The molecule has 56 valence electrons. The van der Waals surface area contributed by atoms with Crippen LogP contribution in [0.2, 0.25) is 5.02 Å². The predicted octanol–water partition coefficient (Wildman–Crippen LogP) is 2.18. The lowest BCUT2D eigenvalue weighted by Gasteiger charge is -1.97. The number of nitrogens with two attached hydrogens (primary N) is 1. The summed E-state index contributed by atoms with van der Waals surface area (Å²) in [6.45, 7) is 0. The molecule has 1 aromatic rings. The monoisotopic (exact) mass is 184 g/mol. The van der Waals surface area contributed by atoms with Crippen molar-refractivity contribution in [2.45, 2.75) is 4.90 Å². The van der Waals surface area contributed by atoms with Crippen molar-refractivity contribution in [3.8, 4) is 6.07 Å². The van der Waals surface area contributed by atoms with Gasteiger partial charge in [-0.05, 0) is 30.1 Å². The van der Waals surface area contributed by atoms with Crippen molar-refractivity contribution in [2.75, 3.05) is 0 Å². The quantitative estimate of drug-likeness (QED) is 0.681. The third-order valence-corrected chi connectivity index (χ3v) is 2.22. The minimum atomic E-state index is 0.525. The minimum absolute atomic E-state index is 0.525. The van der Waals surface area contributed by atoms with Crippen LogP contribution in [0.4, 0.5) is 0 Å². The van der Waals surface area contributed by atoms with Crippen molar-refractivity contribution in [3.05, 3.63) is 28.8 Å². The number of nitrogens with zero attached hydrogens (tertiary/aromatic N) is 1. The second-order valence-corrected chi connectivity index (χ2v) is 2.96. The van der Waals surface area contributed by atoms with E-state index in [9.17, 15) is 0 Å². The van der Waals surface area contributed by atoms with Gasteiger partial charge in [-0.15, -0.1) is 0 Å². The van der Waals surface area contributed by atoms with Crippen LogP contribution in [-0.4, -0.2) is 0 Å². The SMILES string of the molecule is N#Cc1ccc(SN)c(Cl)c1. The molecular weight excluding hydrogens is 180 g/mol. The zero-order valence-corrected chi connectivity index (χ0v) is 7.12. The van der Waals surface area contributed by atoms with Gasteiger partial charge in [0.15, 0.2) is 0 Å². The summed E-state index contributed by atoms with van der Waals surface area (Å²) in [5.41, 5.74) is 0.549. The molecule has 0 unspecified atom stereocenters. The summed E-state index contributed by atoms with van der Waals surface area (Å²) in [5, 5.41) is 14.3. The van der Waals surface area contributed by atoms with Crippen molar-refractivity contribution in [1.29, 1.82) is 5.26 Å². The van der Waals surface area contributed by atoms with Crippen molar-refractivity contribution >= 4 is 23.5 Å². The molecule has 1 rings (SSSR count). The van der Waals surface area contributed by atoms with Gasteiger partial charge >= 0.3 is 0 Å². The highest BCUT2D eigenvalue weighted by atomic mass is 35.5. The van der Waals surface area contributed by atoms with Crippen LogP contribution >= 0.6 is 23.5 Å². The maximum atomic E-state index is 8.48. The highest BCUT2D eigenvalue weighted by Gasteiger charge is 1.99. The average Bonchev–Trinajstić information content (AvgIpc) is 2.04. The molecule has 0 saturated carbocycles. The van der Waals surface area contributed by atoms with E-state index in [0.717, 1.165) is 16.8 Å². The Labute approximate surface area is 74.1 Å². The summed E-state index contributed by atoms with van der Waals surface area (Å²) >= 11 is 6.83. The Morgan fingerprint density at radius 3 is 2.73 bits per heavy atom. The van der Waals surface area contributed by atoms with Gasteiger partial charge in [0.25, 0.3) is 0 Å². The largest absolute Gasteiger partial charge is 0.274 e. The summed E-state index contributed by atoms with van der Waals surface area (Å²) in [4.78, 5) is 0.783. The zero-order chi connectivity index (χ0) is 8.27. The summed E-state index contributed by atoms with van der Waals surface area (Å²) < 4.78 is 0. The predicted molar refractivity (Wildman–Crippen MR) is 46.2 cm³/mol. The third-order valence-electron chi connectivity index (χ3n) is 1.19. The second-order valence-electron chi connectivity index (χ2n) is 1.87. The van der Waals surface area contributed by atoms with E-state index in [-0.39, 0.29) is 0 Å². The van der Waals surface area contributed by atoms with E-state index in [1.807, 2.05) is 6.07 Å². The number of rotatable bonds is 1. The van der Waals surface area contributed by atoms with Crippen molar-refractivity contribution in [3.63, 3.8) is 0 Å². The summed E-state index contributed by atoms with van der Waals surface area (Å²) in [5.74, 6) is 0. The highest BCUT2D eigenvalue weighted by Crippen LogP contribution is 2.23. The van der Waals surface area contributed by atoms with Crippen molar-refractivity contribution < 1.29 is 0 Å². The lowest BCUT2D eigenvalue weighted by Crippen LogP contribution is -1.82. The van der Waals surface area contributed by atoms with Gasteiger partial charge in [0, 0.05) is 4.90 Å². The maximum absolute atomic E-state index is 8.48. The lowest BCUT2D eigenvalue weighted by atomic mass is 10.2. The zero-order valence-electron chi connectivity index (χ0n) is 5.54. The van der Waals surface area contributed by atoms with E-state index in [2.05, 4.69) is 0 Å². The molecule has 1 aromatic carbocycles. The molecule has 0 atom stereocenters. The first-order valence-corrected chi connectivity index (χ1v) is 4.10. The molecule has 0 heterocycles. The topological polar surface area (TPSA) is 49.8 Å². The normalized spacial score (nSPS) is 9.18. The Kier molecular flexibility index (Phi) is 2.77. The fraction of sp³-hybridized carbons (Fsp3) is 0. The van der Waals surface area contributed by atoms with Crippen LogP contribution in [0.15, 0.2) is 23.1 Å². The lowest BCUT2D eigenvalue weighted by molar-refractivity contribution is 1.41. The molecule has 0 aliphatic carbocycles. The standard InChI is InChI=1S/C7H5ClN2S/c8-6-3-5(4-9)1-2-7(6)11-10/h1-3H,10H2. The number of hydrogen-bond acceptors (Lipinski definition) is 3. The fourth-order valence-corrected chi connectivity index (χ4v) is 1.30. The van der Waals surface area contributed by atoms with Gasteiger partial charge in [-0.1, -0.05) is 11.6 Å². The fourth-order valence-electron chi connectivity index (χ4n) is 0.666. The van der Waals surface area contributed by atoms with Gasteiger partial charge in [-0.3, -0.25) is 5.14 Å². The average molecular weight is 185 g/mol. The highest BCUT2D eigenvalue weighted by molar-refractivity contribution is 7.97. The van der Waals surface area contributed by atoms with Crippen LogP contribution in [0.1, 0.15) is 5.56 Å². The Morgan fingerprint density at radius 2 is 2.27 bits per heavy atom. The van der Waals surface area contributed by atoms with Gasteiger partial charge in [0.1, 0.15) is 0 Å². The molecule has 2 nitrogen and oxygen atoms in total. The van der Waals surface area contributed by atoms with Gasteiger partial charge in [-0.25, -0.2) is 0 Å². The molecule has 0 spiro atoms. The summed E-state index contributed by atoms with van der Waals surface area (Å²) in [7, 11) is 0. The summed E-state index contributed by atoms with van der Waals surface area (Å²) in [6, 6.07) is 6.99.